The van der Waals surface area contributed by atoms with Crippen LogP contribution in [0.4, 0.5) is 0 Å². The molecular formula is C11H20N2O4. The van der Waals surface area contributed by atoms with E-state index in [0.717, 1.165) is 0 Å². The molecule has 6 nitrogen and oxygen atoms in total. The first kappa shape index (κ1) is 13.9. The van der Waals surface area contributed by atoms with Crippen LogP contribution in [0.5, 0.6) is 0 Å². The molecule has 1 saturated heterocycles. The number of piperazine rings is 1. The molecule has 1 rings (SSSR count). The maximum absolute atomic E-state index is 11.3. The second-order valence-corrected chi connectivity index (χ2v) is 5.07. The predicted octanol–water partition coefficient (Wildman–Crippen LogP) is -0.722. The zero-order chi connectivity index (χ0) is 13.2. The lowest BCUT2D eigenvalue weighted by atomic mass is 9.91. The number of nitrogens with one attached hydrogen (secondary N) is 1. The molecule has 6 heteroatoms. The van der Waals surface area contributed by atoms with Crippen LogP contribution in [-0.2, 0) is 9.59 Å². The molecule has 3 N–H and O–H groups in total. The third kappa shape index (κ3) is 3.41. The van der Waals surface area contributed by atoms with E-state index >= 15 is 0 Å². The molecule has 2 unspecified atom stereocenters. The van der Waals surface area contributed by atoms with Crippen molar-refractivity contribution in [1.82, 2.24) is 10.2 Å². The van der Waals surface area contributed by atoms with Crippen LogP contribution in [0.1, 0.15) is 20.8 Å². The van der Waals surface area contributed by atoms with E-state index in [1.807, 2.05) is 13.8 Å². The molecule has 0 aromatic carbocycles. The Kier molecular flexibility index (Phi) is 4.11. The summed E-state index contributed by atoms with van der Waals surface area (Å²) in [5, 5.41) is 21.7. The van der Waals surface area contributed by atoms with Crippen LogP contribution in [0.15, 0.2) is 0 Å². The van der Waals surface area contributed by atoms with E-state index in [2.05, 4.69) is 5.32 Å². The normalized spacial score (nSPS) is 25.5. The van der Waals surface area contributed by atoms with Crippen molar-refractivity contribution in [2.24, 2.45) is 5.92 Å². The Morgan fingerprint density at radius 1 is 1.65 bits per heavy atom. The number of carboxylic acid groups (broad SMARTS) is 1. The number of aliphatic hydroxyl groups is 1. The fraction of sp³-hybridized carbons (Fsp3) is 0.818. The van der Waals surface area contributed by atoms with Gasteiger partial charge in [0.1, 0.15) is 6.04 Å². The highest BCUT2D eigenvalue weighted by molar-refractivity contribution is 5.83. The average Bonchev–Trinajstić information content (AvgIpc) is 2.15. The molecule has 0 aromatic heterocycles. The molecule has 0 aliphatic carbocycles. The molecule has 1 aliphatic rings. The van der Waals surface area contributed by atoms with E-state index in [-0.39, 0.29) is 31.5 Å². The Hall–Kier alpha value is -1.14. The summed E-state index contributed by atoms with van der Waals surface area (Å²) in [6, 6.07) is -0.766. The smallest absolute Gasteiger partial charge is 0.322 e. The second-order valence-electron chi connectivity index (χ2n) is 5.07. The Morgan fingerprint density at radius 3 is 2.71 bits per heavy atom. The number of amides is 1. The summed E-state index contributed by atoms with van der Waals surface area (Å²) in [7, 11) is 0. The van der Waals surface area contributed by atoms with Gasteiger partial charge in [0.25, 0.3) is 0 Å². The van der Waals surface area contributed by atoms with E-state index in [4.69, 9.17) is 5.11 Å². The van der Waals surface area contributed by atoms with Crippen molar-refractivity contribution in [3.63, 3.8) is 0 Å². The van der Waals surface area contributed by atoms with Gasteiger partial charge in [0, 0.05) is 13.1 Å². The number of hydrogen-bond acceptors (Lipinski definition) is 4. The van der Waals surface area contributed by atoms with Gasteiger partial charge in [-0.3, -0.25) is 14.5 Å². The fourth-order valence-electron chi connectivity index (χ4n) is 1.69. The zero-order valence-electron chi connectivity index (χ0n) is 10.4. The SMILES string of the molecule is CC(C)C(C)(O)CN1CC(=O)NCC1C(=O)O. The first-order valence-corrected chi connectivity index (χ1v) is 5.70. The van der Waals surface area contributed by atoms with Gasteiger partial charge in [-0.2, -0.15) is 0 Å². The predicted molar refractivity (Wildman–Crippen MR) is 61.5 cm³/mol. The summed E-state index contributed by atoms with van der Waals surface area (Å²) >= 11 is 0. The van der Waals surface area contributed by atoms with Gasteiger partial charge in [0.2, 0.25) is 5.91 Å². The van der Waals surface area contributed by atoms with Gasteiger partial charge in [-0.1, -0.05) is 13.8 Å². The highest BCUT2D eigenvalue weighted by Crippen LogP contribution is 2.19. The average molecular weight is 244 g/mol. The van der Waals surface area contributed by atoms with Gasteiger partial charge >= 0.3 is 5.97 Å². The molecule has 2 atom stereocenters. The van der Waals surface area contributed by atoms with E-state index in [0.29, 0.717) is 0 Å². The second kappa shape index (κ2) is 5.01. The van der Waals surface area contributed by atoms with Crippen molar-refractivity contribution in [2.75, 3.05) is 19.6 Å². The van der Waals surface area contributed by atoms with Crippen molar-refractivity contribution in [2.45, 2.75) is 32.4 Å². The summed E-state index contributed by atoms with van der Waals surface area (Å²) in [6.07, 6.45) is 0. The number of hydrogen-bond donors (Lipinski definition) is 3. The number of carboxylic acids is 1. The summed E-state index contributed by atoms with van der Waals surface area (Å²) in [5.41, 5.74) is -1.01. The third-order valence-corrected chi connectivity index (χ3v) is 3.33. The number of β-amino-alcohol motifs (C(OH)–C–C–N with tert-alkyl or cyclic N) is 1. The standard InChI is InChI=1S/C11H20N2O4/c1-7(2)11(3,17)6-13-5-9(14)12-4-8(13)10(15)16/h7-8,17H,4-6H2,1-3H3,(H,12,14)(H,15,16). The summed E-state index contributed by atoms with van der Waals surface area (Å²) in [5.74, 6) is -1.20. The summed E-state index contributed by atoms with van der Waals surface area (Å²) in [6.45, 7) is 5.65. The van der Waals surface area contributed by atoms with Gasteiger partial charge in [0.15, 0.2) is 0 Å². The number of carbonyl (C=O) groups excluding carboxylic acids is 1. The highest BCUT2D eigenvalue weighted by Gasteiger charge is 2.37. The summed E-state index contributed by atoms with van der Waals surface area (Å²) in [4.78, 5) is 23.8. The number of nitrogens with zero attached hydrogens (tertiary/aromatic N) is 1. The van der Waals surface area contributed by atoms with Gasteiger partial charge in [-0.15, -0.1) is 0 Å². The first-order valence-electron chi connectivity index (χ1n) is 5.70. The van der Waals surface area contributed by atoms with Crippen molar-refractivity contribution in [3.8, 4) is 0 Å². The molecule has 1 heterocycles. The molecule has 98 valence electrons. The molecule has 17 heavy (non-hydrogen) atoms. The van der Waals surface area contributed by atoms with Crippen molar-refractivity contribution in [1.29, 1.82) is 0 Å². The number of carbonyl (C=O) groups is 2. The van der Waals surface area contributed by atoms with Crippen LogP contribution >= 0.6 is 0 Å². The molecule has 1 aliphatic heterocycles. The molecular weight excluding hydrogens is 224 g/mol. The largest absolute Gasteiger partial charge is 0.480 e. The molecule has 0 bridgehead atoms. The zero-order valence-corrected chi connectivity index (χ0v) is 10.4. The van der Waals surface area contributed by atoms with Crippen LogP contribution in [0.2, 0.25) is 0 Å². The van der Waals surface area contributed by atoms with Crippen molar-refractivity contribution < 1.29 is 19.8 Å². The molecule has 0 spiro atoms. The third-order valence-electron chi connectivity index (χ3n) is 3.33. The van der Waals surface area contributed by atoms with E-state index in [1.165, 1.54) is 4.90 Å². The molecule has 0 radical (unpaired) electrons. The minimum atomic E-state index is -1.01. The number of rotatable bonds is 4. The van der Waals surface area contributed by atoms with Crippen LogP contribution in [0, 0.1) is 5.92 Å². The Morgan fingerprint density at radius 2 is 2.24 bits per heavy atom. The Labute approximate surface area is 101 Å². The quantitative estimate of drug-likeness (QED) is 0.607. The van der Waals surface area contributed by atoms with Gasteiger partial charge in [0.05, 0.1) is 12.1 Å². The lowest BCUT2D eigenvalue weighted by molar-refractivity contribution is -0.148. The Bertz CT molecular complexity index is 315. The molecule has 0 aromatic rings. The van der Waals surface area contributed by atoms with E-state index in [1.54, 1.807) is 6.92 Å². The van der Waals surface area contributed by atoms with Gasteiger partial charge in [-0.05, 0) is 12.8 Å². The maximum atomic E-state index is 11.3. The molecule has 1 fully saturated rings. The van der Waals surface area contributed by atoms with Crippen LogP contribution in [0.25, 0.3) is 0 Å². The van der Waals surface area contributed by atoms with E-state index < -0.39 is 17.6 Å². The van der Waals surface area contributed by atoms with Crippen LogP contribution in [0.3, 0.4) is 0 Å². The van der Waals surface area contributed by atoms with Crippen molar-refractivity contribution in [3.05, 3.63) is 0 Å². The fourth-order valence-corrected chi connectivity index (χ4v) is 1.69. The van der Waals surface area contributed by atoms with Gasteiger partial charge in [-0.25, -0.2) is 0 Å². The van der Waals surface area contributed by atoms with E-state index in [9.17, 15) is 14.7 Å². The monoisotopic (exact) mass is 244 g/mol. The van der Waals surface area contributed by atoms with Gasteiger partial charge < -0.3 is 15.5 Å². The highest BCUT2D eigenvalue weighted by atomic mass is 16.4. The molecule has 1 amide bonds. The molecule has 0 saturated carbocycles. The lowest BCUT2D eigenvalue weighted by Gasteiger charge is -2.39. The van der Waals surface area contributed by atoms with Crippen LogP contribution in [-0.4, -0.2) is 58.3 Å². The summed E-state index contributed by atoms with van der Waals surface area (Å²) < 4.78 is 0. The minimum Gasteiger partial charge on any atom is -0.480 e. The first-order chi connectivity index (χ1) is 7.74. The van der Waals surface area contributed by atoms with Crippen LogP contribution < -0.4 is 5.32 Å². The minimum absolute atomic E-state index is 0.0121. The lowest BCUT2D eigenvalue weighted by Crippen LogP contribution is -2.61. The Balaban J connectivity index is 2.77. The number of aliphatic carboxylic acids is 1. The maximum Gasteiger partial charge on any atom is 0.322 e. The van der Waals surface area contributed by atoms with Crippen molar-refractivity contribution >= 4 is 11.9 Å². The topological polar surface area (TPSA) is 89.9 Å².